The van der Waals surface area contributed by atoms with Gasteiger partial charge in [-0.15, -0.1) is 0 Å². The van der Waals surface area contributed by atoms with Crippen LogP contribution in [0.4, 0.5) is 0 Å². The van der Waals surface area contributed by atoms with Gasteiger partial charge in [-0.25, -0.2) is 4.98 Å². The monoisotopic (exact) mass is 207 g/mol. The van der Waals surface area contributed by atoms with Gasteiger partial charge in [0.25, 0.3) is 0 Å². The quantitative estimate of drug-likeness (QED) is 0.803. The fourth-order valence-electron chi connectivity index (χ4n) is 2.68. The van der Waals surface area contributed by atoms with Crippen molar-refractivity contribution < 1.29 is 0 Å². The van der Waals surface area contributed by atoms with E-state index in [1.165, 1.54) is 25.1 Å². The van der Waals surface area contributed by atoms with E-state index in [9.17, 15) is 0 Å². The zero-order valence-electron chi connectivity index (χ0n) is 9.90. The number of hydrogen-bond donors (Lipinski definition) is 1. The fraction of sp³-hybridized carbons (Fsp3) is 0.750. The first-order valence-corrected chi connectivity index (χ1v) is 5.87. The first-order valence-electron chi connectivity index (χ1n) is 5.87. The molecular weight excluding hydrogens is 186 g/mol. The molecule has 3 atom stereocenters. The third-order valence-electron chi connectivity index (χ3n) is 3.79. The molecule has 0 radical (unpaired) electrons. The molecule has 84 valence electrons. The Labute approximate surface area is 91.9 Å². The summed E-state index contributed by atoms with van der Waals surface area (Å²) in [4.78, 5) is 4.49. The highest BCUT2D eigenvalue weighted by molar-refractivity contribution is 5.04. The van der Waals surface area contributed by atoms with Crippen LogP contribution < -0.4 is 5.32 Å². The topological polar surface area (TPSA) is 29.9 Å². The van der Waals surface area contributed by atoms with Crippen molar-refractivity contribution in [2.24, 2.45) is 13.0 Å². The van der Waals surface area contributed by atoms with Crippen molar-refractivity contribution >= 4 is 0 Å². The Balaban J connectivity index is 2.16. The van der Waals surface area contributed by atoms with Crippen molar-refractivity contribution in [1.82, 2.24) is 14.9 Å². The minimum absolute atomic E-state index is 0.621. The van der Waals surface area contributed by atoms with E-state index in [2.05, 4.69) is 35.9 Å². The zero-order chi connectivity index (χ0) is 10.8. The Morgan fingerprint density at radius 1 is 1.47 bits per heavy atom. The molecule has 1 N–H and O–H groups in total. The number of hydrogen-bond acceptors (Lipinski definition) is 2. The van der Waals surface area contributed by atoms with Crippen LogP contribution in [-0.2, 0) is 7.05 Å². The van der Waals surface area contributed by atoms with Crippen LogP contribution >= 0.6 is 0 Å². The van der Waals surface area contributed by atoms with Crippen molar-refractivity contribution in [3.8, 4) is 0 Å². The summed E-state index contributed by atoms with van der Waals surface area (Å²) in [6.07, 6.45) is 7.79. The molecule has 3 heteroatoms. The predicted molar refractivity (Wildman–Crippen MR) is 61.8 cm³/mol. The van der Waals surface area contributed by atoms with Crippen LogP contribution in [0.2, 0.25) is 0 Å². The second-order valence-electron chi connectivity index (χ2n) is 4.78. The Kier molecular flexibility index (Phi) is 3.10. The second-order valence-corrected chi connectivity index (χ2v) is 4.78. The molecule has 0 amide bonds. The third-order valence-corrected chi connectivity index (χ3v) is 3.79. The average molecular weight is 207 g/mol. The van der Waals surface area contributed by atoms with E-state index in [0.717, 1.165) is 5.92 Å². The summed E-state index contributed by atoms with van der Waals surface area (Å²) in [5.41, 5.74) is 0. The molecule has 0 aromatic carbocycles. The molecule has 3 unspecified atom stereocenters. The van der Waals surface area contributed by atoms with Crippen molar-refractivity contribution in [3.63, 3.8) is 0 Å². The molecule has 1 aromatic heterocycles. The lowest BCUT2D eigenvalue weighted by molar-refractivity contribution is 0.266. The van der Waals surface area contributed by atoms with Crippen molar-refractivity contribution in [2.45, 2.75) is 38.1 Å². The number of nitrogens with zero attached hydrogens (tertiary/aromatic N) is 2. The summed E-state index contributed by atoms with van der Waals surface area (Å²) in [6.45, 7) is 2.35. The predicted octanol–water partition coefficient (Wildman–Crippen LogP) is 1.91. The summed E-state index contributed by atoms with van der Waals surface area (Å²) in [6, 6.07) is 0.669. The van der Waals surface area contributed by atoms with Gasteiger partial charge in [0, 0.05) is 31.4 Å². The lowest BCUT2D eigenvalue weighted by atomic mass is 9.77. The fourth-order valence-corrected chi connectivity index (χ4v) is 2.68. The smallest absolute Gasteiger partial charge is 0.111 e. The highest BCUT2D eigenvalue weighted by atomic mass is 15.0. The molecular formula is C12H21N3. The number of nitrogens with one attached hydrogen (secondary N) is 1. The van der Waals surface area contributed by atoms with Crippen LogP contribution in [-0.4, -0.2) is 22.6 Å². The van der Waals surface area contributed by atoms with Gasteiger partial charge in [-0.3, -0.25) is 0 Å². The summed E-state index contributed by atoms with van der Waals surface area (Å²) < 4.78 is 2.17. The molecule has 1 aromatic rings. The van der Waals surface area contributed by atoms with E-state index >= 15 is 0 Å². The number of rotatable bonds is 2. The molecule has 1 fully saturated rings. The number of aryl methyl sites for hydroxylation is 1. The van der Waals surface area contributed by atoms with Crippen molar-refractivity contribution in [1.29, 1.82) is 0 Å². The van der Waals surface area contributed by atoms with E-state index in [1.807, 2.05) is 12.4 Å². The maximum absolute atomic E-state index is 4.49. The van der Waals surface area contributed by atoms with Crippen LogP contribution in [0.5, 0.6) is 0 Å². The average Bonchev–Trinajstić information content (AvgIpc) is 2.65. The molecule has 2 rings (SSSR count). The maximum atomic E-state index is 4.49. The van der Waals surface area contributed by atoms with Crippen LogP contribution in [0.1, 0.15) is 37.9 Å². The molecule has 0 saturated heterocycles. The standard InChI is InChI=1S/C12H21N3/c1-9-4-5-10(13-2)8-11(9)12-14-6-7-15(12)3/h6-7,9-11,13H,4-5,8H2,1-3H3. The van der Waals surface area contributed by atoms with Gasteiger partial charge in [-0.2, -0.15) is 0 Å². The Bertz CT molecular complexity index is 318. The highest BCUT2D eigenvalue weighted by Gasteiger charge is 2.30. The number of imidazole rings is 1. The van der Waals surface area contributed by atoms with Crippen molar-refractivity contribution in [3.05, 3.63) is 18.2 Å². The van der Waals surface area contributed by atoms with E-state index in [4.69, 9.17) is 0 Å². The molecule has 1 heterocycles. The maximum Gasteiger partial charge on any atom is 0.111 e. The summed E-state index contributed by atoms with van der Waals surface area (Å²) >= 11 is 0. The van der Waals surface area contributed by atoms with Gasteiger partial charge in [0.15, 0.2) is 0 Å². The minimum Gasteiger partial charge on any atom is -0.338 e. The molecule has 1 aliphatic rings. The largest absolute Gasteiger partial charge is 0.338 e. The molecule has 1 saturated carbocycles. The van der Waals surface area contributed by atoms with Gasteiger partial charge < -0.3 is 9.88 Å². The van der Waals surface area contributed by atoms with Gasteiger partial charge in [0.1, 0.15) is 5.82 Å². The highest BCUT2D eigenvalue weighted by Crippen LogP contribution is 2.36. The molecule has 1 aliphatic carbocycles. The molecule has 3 nitrogen and oxygen atoms in total. The first kappa shape index (κ1) is 10.7. The SMILES string of the molecule is CNC1CCC(C)C(c2nccn2C)C1. The van der Waals surface area contributed by atoms with E-state index < -0.39 is 0 Å². The zero-order valence-corrected chi connectivity index (χ0v) is 9.90. The summed E-state index contributed by atoms with van der Waals surface area (Å²) in [5, 5.41) is 3.40. The van der Waals surface area contributed by atoms with Gasteiger partial charge in [-0.1, -0.05) is 6.92 Å². The van der Waals surface area contributed by atoms with Crippen LogP contribution in [0.3, 0.4) is 0 Å². The number of aromatic nitrogens is 2. The molecule has 0 bridgehead atoms. The summed E-state index contributed by atoms with van der Waals surface area (Å²) in [5.74, 6) is 2.63. The van der Waals surface area contributed by atoms with Crippen LogP contribution in [0.25, 0.3) is 0 Å². The Hall–Kier alpha value is -0.830. The van der Waals surface area contributed by atoms with Crippen LogP contribution in [0, 0.1) is 5.92 Å². The first-order chi connectivity index (χ1) is 7.22. The molecule has 15 heavy (non-hydrogen) atoms. The summed E-state index contributed by atoms with van der Waals surface area (Å²) in [7, 11) is 4.16. The molecule has 0 spiro atoms. The normalized spacial score (nSPS) is 31.8. The Morgan fingerprint density at radius 2 is 2.27 bits per heavy atom. The van der Waals surface area contributed by atoms with Gasteiger partial charge in [-0.05, 0) is 32.2 Å². The van der Waals surface area contributed by atoms with E-state index in [-0.39, 0.29) is 0 Å². The minimum atomic E-state index is 0.621. The molecule has 0 aliphatic heterocycles. The lowest BCUT2D eigenvalue weighted by Crippen LogP contribution is -2.34. The van der Waals surface area contributed by atoms with Crippen molar-refractivity contribution in [2.75, 3.05) is 7.05 Å². The second kappa shape index (κ2) is 4.35. The van der Waals surface area contributed by atoms with E-state index in [0.29, 0.717) is 12.0 Å². The Morgan fingerprint density at radius 3 is 2.87 bits per heavy atom. The van der Waals surface area contributed by atoms with E-state index in [1.54, 1.807) is 0 Å². The van der Waals surface area contributed by atoms with Gasteiger partial charge >= 0.3 is 0 Å². The third kappa shape index (κ3) is 2.07. The van der Waals surface area contributed by atoms with Gasteiger partial charge in [0.05, 0.1) is 0 Å². The van der Waals surface area contributed by atoms with Crippen LogP contribution in [0.15, 0.2) is 12.4 Å². The van der Waals surface area contributed by atoms with Gasteiger partial charge in [0.2, 0.25) is 0 Å². The lowest BCUT2D eigenvalue weighted by Gasteiger charge is -2.33.